The molecule has 32 heavy (non-hydrogen) atoms. The van der Waals surface area contributed by atoms with E-state index in [1.807, 2.05) is 0 Å². The van der Waals surface area contributed by atoms with Crippen molar-refractivity contribution in [3.05, 3.63) is 40.5 Å². The number of H-pyrrole nitrogens is 1. The number of phenols is 1. The Kier molecular flexibility index (Phi) is 5.90. The molecule has 1 aromatic heterocycles. The highest BCUT2D eigenvalue weighted by Crippen LogP contribution is 2.47. The van der Waals surface area contributed by atoms with Crippen LogP contribution in [-0.2, 0) is 14.6 Å². The lowest BCUT2D eigenvalue weighted by molar-refractivity contribution is -0.114. The molecule has 3 aromatic rings. The summed E-state index contributed by atoms with van der Waals surface area (Å²) < 4.78 is 26.0. The van der Waals surface area contributed by atoms with E-state index in [-0.39, 0.29) is 21.5 Å². The third kappa shape index (κ3) is 3.87. The van der Waals surface area contributed by atoms with Crippen LogP contribution in [0.25, 0.3) is 22.0 Å². The molecule has 0 saturated carbocycles. The normalized spacial score (nSPS) is 11.5. The first kappa shape index (κ1) is 23.1. The zero-order chi connectivity index (χ0) is 24.0. The summed E-state index contributed by atoms with van der Waals surface area (Å²) in [6, 6.07) is 5.28. The van der Waals surface area contributed by atoms with Crippen LogP contribution < -0.4 is 11.1 Å². The minimum absolute atomic E-state index is 0.142. The lowest BCUT2D eigenvalue weighted by Crippen LogP contribution is -2.17. The van der Waals surface area contributed by atoms with Crippen LogP contribution in [-0.4, -0.2) is 47.2 Å². The SMILES string of the molecule is CCS(=O)(=O)c1cc(C(N)=O)c(O)c(NC(C)=O)c1-c1c(C(=O)O)[nH]c2ccc(Cl)cc12. The number of carboxylic acids is 1. The topological polar surface area (TPSA) is 180 Å². The maximum Gasteiger partial charge on any atom is 0.352 e. The largest absolute Gasteiger partial charge is 0.505 e. The van der Waals surface area contributed by atoms with Crippen molar-refractivity contribution in [1.29, 1.82) is 0 Å². The number of halogens is 1. The van der Waals surface area contributed by atoms with Gasteiger partial charge in [0, 0.05) is 34.0 Å². The van der Waals surface area contributed by atoms with Gasteiger partial charge in [0.05, 0.1) is 21.9 Å². The van der Waals surface area contributed by atoms with Crippen LogP contribution in [0.15, 0.2) is 29.2 Å². The molecule has 0 radical (unpaired) electrons. The van der Waals surface area contributed by atoms with Gasteiger partial charge in [-0.05, 0) is 24.3 Å². The summed E-state index contributed by atoms with van der Waals surface area (Å²) in [5, 5.41) is 23.3. The summed E-state index contributed by atoms with van der Waals surface area (Å²) in [7, 11) is -4.12. The molecule has 0 spiro atoms. The van der Waals surface area contributed by atoms with Gasteiger partial charge in [0.2, 0.25) is 5.91 Å². The zero-order valence-corrected chi connectivity index (χ0v) is 18.4. The molecule has 2 amide bonds. The Morgan fingerprint density at radius 3 is 2.38 bits per heavy atom. The second-order valence-corrected chi connectivity index (χ2v) is 9.52. The van der Waals surface area contributed by atoms with Gasteiger partial charge in [-0.1, -0.05) is 18.5 Å². The summed E-state index contributed by atoms with van der Waals surface area (Å²) in [6.45, 7) is 2.44. The molecule has 6 N–H and O–H groups in total. The first-order valence-electron chi connectivity index (χ1n) is 9.14. The molecule has 0 unspecified atom stereocenters. The fraction of sp³-hybridized carbons (Fsp3) is 0.150. The van der Waals surface area contributed by atoms with Gasteiger partial charge in [-0.3, -0.25) is 9.59 Å². The first-order chi connectivity index (χ1) is 14.9. The van der Waals surface area contributed by atoms with Crippen LogP contribution >= 0.6 is 11.6 Å². The number of carbonyl (C=O) groups is 3. The lowest BCUT2D eigenvalue weighted by Gasteiger charge is -2.19. The van der Waals surface area contributed by atoms with Crippen molar-refractivity contribution in [3.8, 4) is 16.9 Å². The number of hydrogen-bond donors (Lipinski definition) is 5. The molecule has 3 rings (SSSR count). The molecule has 0 saturated heterocycles. The summed E-state index contributed by atoms with van der Waals surface area (Å²) in [5.41, 5.74) is 3.73. The molecule has 0 aliphatic rings. The van der Waals surface area contributed by atoms with E-state index in [0.29, 0.717) is 5.52 Å². The first-order valence-corrected chi connectivity index (χ1v) is 11.2. The number of carbonyl (C=O) groups excluding carboxylic acids is 2. The quantitative estimate of drug-likeness (QED) is 0.337. The van der Waals surface area contributed by atoms with Crippen LogP contribution in [0.4, 0.5) is 5.69 Å². The average molecular weight is 480 g/mol. The Labute approximate surface area is 186 Å². The number of hydrogen-bond acceptors (Lipinski definition) is 6. The van der Waals surface area contributed by atoms with E-state index in [2.05, 4.69) is 10.3 Å². The van der Waals surface area contributed by atoms with Crippen molar-refractivity contribution in [2.75, 3.05) is 11.1 Å². The number of aromatic amines is 1. The van der Waals surface area contributed by atoms with Crippen molar-refractivity contribution in [2.45, 2.75) is 18.7 Å². The number of benzene rings is 2. The van der Waals surface area contributed by atoms with Gasteiger partial charge < -0.3 is 26.2 Å². The number of aromatic carboxylic acids is 1. The van der Waals surface area contributed by atoms with E-state index in [0.717, 1.165) is 13.0 Å². The average Bonchev–Trinajstić information content (AvgIpc) is 3.07. The Morgan fingerprint density at radius 1 is 1.19 bits per heavy atom. The molecule has 0 bridgehead atoms. The van der Waals surface area contributed by atoms with Gasteiger partial charge >= 0.3 is 5.97 Å². The Hall–Kier alpha value is -3.57. The molecule has 2 aromatic carbocycles. The van der Waals surface area contributed by atoms with E-state index in [1.54, 1.807) is 0 Å². The maximum atomic E-state index is 13.0. The van der Waals surface area contributed by atoms with Crippen LogP contribution in [0.3, 0.4) is 0 Å². The third-order valence-electron chi connectivity index (χ3n) is 4.77. The number of aromatic hydroxyl groups is 1. The summed E-state index contributed by atoms with van der Waals surface area (Å²) in [6.07, 6.45) is 0. The van der Waals surface area contributed by atoms with E-state index in [9.17, 15) is 33.0 Å². The highest BCUT2D eigenvalue weighted by molar-refractivity contribution is 7.91. The molecular weight excluding hydrogens is 462 g/mol. The number of rotatable bonds is 6. The zero-order valence-electron chi connectivity index (χ0n) is 16.8. The molecular formula is C20H18ClN3O7S. The molecule has 0 atom stereocenters. The number of fused-ring (bicyclic) bond motifs is 1. The second kappa shape index (κ2) is 8.17. The number of nitrogens with one attached hydrogen (secondary N) is 2. The number of sulfone groups is 1. The van der Waals surface area contributed by atoms with Crippen LogP contribution in [0.2, 0.25) is 5.02 Å². The van der Waals surface area contributed by atoms with Gasteiger partial charge in [0.25, 0.3) is 5.91 Å². The maximum absolute atomic E-state index is 13.0. The number of amides is 2. The minimum atomic E-state index is -4.12. The van der Waals surface area contributed by atoms with Gasteiger partial charge in [0.15, 0.2) is 15.6 Å². The number of anilines is 1. The number of carboxylic acid groups (broad SMARTS) is 1. The number of aromatic nitrogens is 1. The summed E-state index contributed by atoms with van der Waals surface area (Å²) in [5.74, 6) is -4.51. The van der Waals surface area contributed by atoms with E-state index in [1.165, 1.54) is 25.1 Å². The summed E-state index contributed by atoms with van der Waals surface area (Å²) in [4.78, 5) is 38.0. The molecule has 0 aliphatic heterocycles. The number of nitrogens with two attached hydrogens (primary N) is 1. The molecule has 12 heteroatoms. The van der Waals surface area contributed by atoms with E-state index in [4.69, 9.17) is 17.3 Å². The smallest absolute Gasteiger partial charge is 0.352 e. The Bertz CT molecular complexity index is 1410. The van der Waals surface area contributed by atoms with Crippen LogP contribution in [0.1, 0.15) is 34.7 Å². The van der Waals surface area contributed by atoms with Gasteiger partial charge in [0.1, 0.15) is 5.69 Å². The minimum Gasteiger partial charge on any atom is -0.505 e. The van der Waals surface area contributed by atoms with Crippen LogP contribution in [0, 0.1) is 0 Å². The third-order valence-corrected chi connectivity index (χ3v) is 6.76. The highest BCUT2D eigenvalue weighted by atomic mass is 35.5. The molecule has 168 valence electrons. The van der Waals surface area contributed by atoms with E-state index < -0.39 is 61.0 Å². The molecule has 1 heterocycles. The highest BCUT2D eigenvalue weighted by Gasteiger charge is 2.32. The Balaban J connectivity index is 2.67. The Morgan fingerprint density at radius 2 is 1.84 bits per heavy atom. The van der Waals surface area contributed by atoms with Gasteiger partial charge in [-0.25, -0.2) is 13.2 Å². The van der Waals surface area contributed by atoms with Gasteiger partial charge in [-0.2, -0.15) is 0 Å². The predicted octanol–water partition coefficient (Wildman–Crippen LogP) is 2.74. The van der Waals surface area contributed by atoms with Crippen molar-refractivity contribution < 1.29 is 33.0 Å². The fourth-order valence-electron chi connectivity index (χ4n) is 3.37. The van der Waals surface area contributed by atoms with Gasteiger partial charge in [-0.15, -0.1) is 0 Å². The molecule has 0 aliphatic carbocycles. The van der Waals surface area contributed by atoms with Crippen molar-refractivity contribution in [3.63, 3.8) is 0 Å². The van der Waals surface area contributed by atoms with Crippen LogP contribution in [0.5, 0.6) is 5.75 Å². The second-order valence-electron chi connectivity index (χ2n) is 6.84. The summed E-state index contributed by atoms with van der Waals surface area (Å²) >= 11 is 6.09. The number of primary amides is 1. The predicted molar refractivity (Wildman–Crippen MR) is 118 cm³/mol. The fourth-order valence-corrected chi connectivity index (χ4v) is 4.66. The molecule has 10 nitrogen and oxygen atoms in total. The van der Waals surface area contributed by atoms with Crippen molar-refractivity contribution in [1.82, 2.24) is 4.98 Å². The standard InChI is InChI=1S/C20H18ClN3O7S/c1-3-32(30,31)13-7-11(19(22)27)18(26)16(23-8(2)25)15(13)14-10-6-9(21)4-5-12(10)24-17(14)20(28)29/h4-7,24,26H,3H2,1-2H3,(H2,22,27)(H,23,25)(H,28,29). The van der Waals surface area contributed by atoms with Crippen molar-refractivity contribution >= 4 is 55.8 Å². The molecule has 0 fully saturated rings. The van der Waals surface area contributed by atoms with E-state index >= 15 is 0 Å². The van der Waals surface area contributed by atoms with Crippen molar-refractivity contribution in [2.24, 2.45) is 5.73 Å². The lowest BCUT2D eigenvalue weighted by atomic mass is 9.96. The monoisotopic (exact) mass is 479 g/mol.